The summed E-state index contributed by atoms with van der Waals surface area (Å²) < 4.78 is 0. The minimum absolute atomic E-state index is 0.0547. The molecule has 3 nitrogen and oxygen atoms in total. The van der Waals surface area contributed by atoms with Crippen molar-refractivity contribution in [2.24, 2.45) is 0 Å². The van der Waals surface area contributed by atoms with Crippen molar-refractivity contribution in [3.8, 4) is 0 Å². The maximum atomic E-state index is 11.3. The molecule has 0 unspecified atom stereocenters. The predicted molar refractivity (Wildman–Crippen MR) is 55.0 cm³/mol. The van der Waals surface area contributed by atoms with Gasteiger partial charge in [-0.05, 0) is 18.4 Å². The van der Waals surface area contributed by atoms with Crippen LogP contribution in [0.2, 0.25) is 0 Å². The van der Waals surface area contributed by atoms with Gasteiger partial charge in [-0.3, -0.25) is 0 Å². The summed E-state index contributed by atoms with van der Waals surface area (Å²) in [5, 5.41) is 4.89. The van der Waals surface area contributed by atoms with Gasteiger partial charge in [0, 0.05) is 19.0 Å². The van der Waals surface area contributed by atoms with E-state index in [0.717, 1.165) is 0 Å². The molecular weight excluding hydrogens is 184 g/mol. The summed E-state index contributed by atoms with van der Waals surface area (Å²) >= 11 is 1.65. The molecule has 13 heavy (non-hydrogen) atoms. The van der Waals surface area contributed by atoms with Crippen LogP contribution in [0.5, 0.6) is 0 Å². The number of nitrogens with zero attached hydrogens (tertiary/aromatic N) is 1. The van der Waals surface area contributed by atoms with E-state index in [1.807, 2.05) is 24.4 Å². The number of hydrogen-bond donors (Lipinski definition) is 1. The first-order valence-electron chi connectivity index (χ1n) is 4.12. The topological polar surface area (TPSA) is 32.3 Å². The molecular formula is C9H14N2OS. The molecule has 1 rings (SSSR count). The molecule has 1 aromatic rings. The van der Waals surface area contributed by atoms with Crippen molar-refractivity contribution in [3.05, 3.63) is 22.4 Å². The molecule has 0 aliphatic carbocycles. The Hall–Kier alpha value is -1.03. The smallest absolute Gasteiger partial charge is 0.317 e. The van der Waals surface area contributed by atoms with Crippen molar-refractivity contribution in [3.63, 3.8) is 0 Å². The van der Waals surface area contributed by atoms with Crippen LogP contribution in [-0.4, -0.2) is 25.0 Å². The highest BCUT2D eigenvalue weighted by atomic mass is 32.1. The number of nitrogens with one attached hydrogen (secondary N) is 1. The van der Waals surface area contributed by atoms with Crippen molar-refractivity contribution < 1.29 is 4.79 Å². The zero-order valence-electron chi connectivity index (χ0n) is 8.07. The molecule has 0 saturated heterocycles. The maximum Gasteiger partial charge on any atom is 0.317 e. The van der Waals surface area contributed by atoms with E-state index in [2.05, 4.69) is 5.32 Å². The number of thiophene rings is 1. The minimum Gasteiger partial charge on any atom is -0.331 e. The molecule has 1 atom stereocenters. The van der Waals surface area contributed by atoms with Gasteiger partial charge in [-0.15, -0.1) is 11.3 Å². The van der Waals surface area contributed by atoms with Crippen LogP contribution in [-0.2, 0) is 0 Å². The normalized spacial score (nSPS) is 12.2. The molecule has 1 heterocycles. The second-order valence-electron chi connectivity index (χ2n) is 3.08. The van der Waals surface area contributed by atoms with E-state index < -0.39 is 0 Å². The van der Waals surface area contributed by atoms with Gasteiger partial charge in [0.2, 0.25) is 0 Å². The third-order valence-electron chi connectivity index (χ3n) is 1.72. The summed E-state index contributed by atoms with van der Waals surface area (Å²) in [7, 11) is 3.47. The first-order chi connectivity index (χ1) is 6.11. The van der Waals surface area contributed by atoms with E-state index in [1.165, 1.54) is 9.78 Å². The lowest BCUT2D eigenvalue weighted by atomic mass is 10.3. The summed E-state index contributed by atoms with van der Waals surface area (Å²) in [5.41, 5.74) is 0. The van der Waals surface area contributed by atoms with Crippen LogP contribution in [0.1, 0.15) is 17.8 Å². The highest BCUT2D eigenvalue weighted by Gasteiger charge is 2.10. The van der Waals surface area contributed by atoms with E-state index in [4.69, 9.17) is 0 Å². The molecule has 0 aliphatic heterocycles. The molecule has 1 N–H and O–H groups in total. The Balaban J connectivity index is 2.51. The van der Waals surface area contributed by atoms with Crippen LogP contribution in [0.25, 0.3) is 0 Å². The minimum atomic E-state index is -0.0547. The summed E-state index contributed by atoms with van der Waals surface area (Å²) in [6.07, 6.45) is 0. The van der Waals surface area contributed by atoms with Gasteiger partial charge >= 0.3 is 6.03 Å². The van der Waals surface area contributed by atoms with Crippen molar-refractivity contribution in [2.45, 2.75) is 13.0 Å². The number of hydrogen-bond acceptors (Lipinski definition) is 2. The highest BCUT2D eigenvalue weighted by Crippen LogP contribution is 2.17. The Bertz CT molecular complexity index is 269. The maximum absolute atomic E-state index is 11.3. The van der Waals surface area contributed by atoms with Crippen LogP contribution >= 0.6 is 11.3 Å². The van der Waals surface area contributed by atoms with Crippen LogP contribution < -0.4 is 5.32 Å². The van der Waals surface area contributed by atoms with Crippen molar-refractivity contribution in [1.82, 2.24) is 10.2 Å². The van der Waals surface area contributed by atoms with Gasteiger partial charge in [0.25, 0.3) is 0 Å². The molecule has 1 aromatic heterocycles. The van der Waals surface area contributed by atoms with Crippen LogP contribution in [0.4, 0.5) is 4.79 Å². The molecule has 72 valence electrons. The van der Waals surface area contributed by atoms with Gasteiger partial charge in [0.05, 0.1) is 6.04 Å². The summed E-state index contributed by atoms with van der Waals surface area (Å²) in [6, 6.07) is 4.04. The zero-order valence-corrected chi connectivity index (χ0v) is 8.89. The molecule has 0 aliphatic rings. The van der Waals surface area contributed by atoms with Gasteiger partial charge in [-0.25, -0.2) is 4.79 Å². The molecule has 0 spiro atoms. The Morgan fingerprint density at radius 3 is 2.77 bits per heavy atom. The Kier molecular flexibility index (Phi) is 3.31. The molecule has 0 bridgehead atoms. The first-order valence-corrected chi connectivity index (χ1v) is 5.00. The average Bonchev–Trinajstić information content (AvgIpc) is 2.55. The van der Waals surface area contributed by atoms with Crippen molar-refractivity contribution >= 4 is 17.4 Å². The summed E-state index contributed by atoms with van der Waals surface area (Å²) in [6.45, 7) is 1.98. The van der Waals surface area contributed by atoms with E-state index in [1.54, 1.807) is 25.4 Å². The summed E-state index contributed by atoms with van der Waals surface area (Å²) in [4.78, 5) is 14.0. The average molecular weight is 198 g/mol. The fraction of sp³-hybridized carbons (Fsp3) is 0.444. The monoisotopic (exact) mass is 198 g/mol. The Morgan fingerprint density at radius 2 is 2.31 bits per heavy atom. The molecule has 0 saturated carbocycles. The molecule has 0 fully saturated rings. The molecule has 0 radical (unpaired) electrons. The Labute approximate surface area is 82.4 Å². The lowest BCUT2D eigenvalue weighted by Gasteiger charge is -2.16. The van der Waals surface area contributed by atoms with Crippen molar-refractivity contribution in [1.29, 1.82) is 0 Å². The van der Waals surface area contributed by atoms with Gasteiger partial charge < -0.3 is 10.2 Å². The van der Waals surface area contributed by atoms with Gasteiger partial charge in [-0.1, -0.05) is 6.07 Å². The standard InChI is InChI=1S/C9H14N2OS/c1-7(8-5-4-6-13-8)10-9(12)11(2)3/h4-7H,1-3H3,(H,10,12)/t7-/m0/s1. The van der Waals surface area contributed by atoms with Crippen LogP contribution in [0, 0.1) is 0 Å². The largest absolute Gasteiger partial charge is 0.331 e. The first kappa shape index (κ1) is 10.1. The van der Waals surface area contributed by atoms with Crippen molar-refractivity contribution in [2.75, 3.05) is 14.1 Å². The Morgan fingerprint density at radius 1 is 1.62 bits per heavy atom. The second kappa shape index (κ2) is 4.28. The number of urea groups is 1. The highest BCUT2D eigenvalue weighted by molar-refractivity contribution is 7.10. The molecule has 4 heteroatoms. The molecule has 0 aromatic carbocycles. The quantitative estimate of drug-likeness (QED) is 0.775. The van der Waals surface area contributed by atoms with Gasteiger partial charge in [0.15, 0.2) is 0 Å². The number of carbonyl (C=O) groups excluding carboxylic acids is 1. The lowest BCUT2D eigenvalue weighted by Crippen LogP contribution is -2.35. The third kappa shape index (κ3) is 2.73. The number of rotatable bonds is 2. The SMILES string of the molecule is C[C@H](NC(=O)N(C)C)c1cccs1. The zero-order chi connectivity index (χ0) is 9.84. The predicted octanol–water partition coefficient (Wildman–Crippen LogP) is 2.08. The van der Waals surface area contributed by atoms with E-state index in [0.29, 0.717) is 0 Å². The summed E-state index contributed by atoms with van der Waals surface area (Å²) in [5.74, 6) is 0. The molecule has 2 amide bonds. The van der Waals surface area contributed by atoms with Crippen LogP contribution in [0.3, 0.4) is 0 Å². The van der Waals surface area contributed by atoms with E-state index >= 15 is 0 Å². The van der Waals surface area contributed by atoms with Gasteiger partial charge in [-0.2, -0.15) is 0 Å². The van der Waals surface area contributed by atoms with Gasteiger partial charge in [0.1, 0.15) is 0 Å². The number of carbonyl (C=O) groups is 1. The van der Waals surface area contributed by atoms with Crippen LogP contribution in [0.15, 0.2) is 17.5 Å². The fourth-order valence-electron chi connectivity index (χ4n) is 0.923. The lowest BCUT2D eigenvalue weighted by molar-refractivity contribution is 0.214. The van der Waals surface area contributed by atoms with E-state index in [9.17, 15) is 4.79 Å². The fourth-order valence-corrected chi connectivity index (χ4v) is 1.66. The number of amides is 2. The third-order valence-corrected chi connectivity index (χ3v) is 2.77. The van der Waals surface area contributed by atoms with E-state index in [-0.39, 0.29) is 12.1 Å². The second-order valence-corrected chi connectivity index (χ2v) is 4.06.